The highest BCUT2D eigenvalue weighted by atomic mass is 16.5. The van der Waals surface area contributed by atoms with Gasteiger partial charge in [-0.3, -0.25) is 0 Å². The van der Waals surface area contributed by atoms with Crippen LogP contribution in [0.25, 0.3) is 0 Å². The van der Waals surface area contributed by atoms with E-state index < -0.39 is 12.1 Å². The number of aliphatic hydroxyl groups is 1. The summed E-state index contributed by atoms with van der Waals surface area (Å²) in [6.07, 6.45) is 2.82. The van der Waals surface area contributed by atoms with Crippen molar-refractivity contribution >= 4 is 5.97 Å². The predicted molar refractivity (Wildman–Crippen MR) is 131 cm³/mol. The molecule has 6 atom stereocenters. The molecule has 1 aliphatic heterocycles. The van der Waals surface area contributed by atoms with Crippen molar-refractivity contribution in [1.29, 1.82) is 0 Å². The molecule has 188 valence electrons. The van der Waals surface area contributed by atoms with Gasteiger partial charge in [0.05, 0.1) is 19.8 Å². The van der Waals surface area contributed by atoms with Crippen molar-refractivity contribution in [1.82, 2.24) is 0 Å². The quantitative estimate of drug-likeness (QED) is 0.509. The van der Waals surface area contributed by atoms with E-state index in [1.54, 1.807) is 14.2 Å². The molecule has 3 aliphatic rings. The van der Waals surface area contributed by atoms with E-state index in [1.165, 1.54) is 6.42 Å². The molecule has 4 rings (SSSR count). The second kappa shape index (κ2) is 9.71. The van der Waals surface area contributed by atoms with Crippen molar-refractivity contribution in [3.8, 4) is 17.2 Å². The zero-order chi connectivity index (χ0) is 24.7. The molecule has 0 radical (unpaired) electrons. The van der Waals surface area contributed by atoms with Gasteiger partial charge in [-0.25, -0.2) is 4.79 Å². The van der Waals surface area contributed by atoms with Crippen LogP contribution in [0.1, 0.15) is 71.8 Å². The van der Waals surface area contributed by atoms with Crippen molar-refractivity contribution in [3.05, 3.63) is 29.0 Å². The average Bonchev–Trinajstić information content (AvgIpc) is 3.18. The molecule has 0 amide bonds. The third kappa shape index (κ3) is 4.36. The number of methoxy groups -OCH3 is 2. The maximum absolute atomic E-state index is 13.5. The van der Waals surface area contributed by atoms with Crippen molar-refractivity contribution in [3.63, 3.8) is 0 Å². The minimum absolute atomic E-state index is 0.00549. The summed E-state index contributed by atoms with van der Waals surface area (Å²) in [6.45, 7) is 10.9. The Kier molecular flexibility index (Phi) is 7.07. The number of esters is 1. The summed E-state index contributed by atoms with van der Waals surface area (Å²) in [5, 5.41) is 11.3. The zero-order valence-corrected chi connectivity index (χ0v) is 21.6. The maximum atomic E-state index is 13.5. The Labute approximate surface area is 203 Å². The lowest BCUT2D eigenvalue weighted by Gasteiger charge is -2.39. The van der Waals surface area contributed by atoms with E-state index in [1.807, 2.05) is 12.1 Å². The zero-order valence-electron chi connectivity index (χ0n) is 21.6. The van der Waals surface area contributed by atoms with E-state index in [0.717, 1.165) is 18.4 Å². The van der Waals surface area contributed by atoms with Crippen LogP contribution in [0.3, 0.4) is 0 Å². The average molecular weight is 473 g/mol. The molecule has 1 heterocycles. The first-order valence-corrected chi connectivity index (χ1v) is 12.7. The third-order valence-electron chi connectivity index (χ3n) is 8.25. The number of hydrogen-bond donors (Lipinski definition) is 1. The lowest BCUT2D eigenvalue weighted by Crippen LogP contribution is -2.40. The van der Waals surface area contributed by atoms with Crippen LogP contribution in [0.2, 0.25) is 0 Å². The Hall–Kier alpha value is -2.37. The summed E-state index contributed by atoms with van der Waals surface area (Å²) < 4.78 is 23.5. The Morgan fingerprint density at radius 3 is 2.38 bits per heavy atom. The Morgan fingerprint density at radius 2 is 1.76 bits per heavy atom. The van der Waals surface area contributed by atoms with Crippen LogP contribution in [-0.4, -0.2) is 37.5 Å². The number of carbonyl (C=O) groups is 1. The standard InChI is InChI=1S/C28H40O6/c1-14(2)18-9-8-16(5)10-21(18)34-28(30)20-13-19(15(3)4)24-25-22(32-7)11-17(31-6)12-23(25)33-27(24)26(20)29/h11-12,14-16,18-19,21,24,27,29H,8-10,13H2,1-7H3/t16-,18+,19+,21-,24-,27+/m0/s1. The van der Waals surface area contributed by atoms with Gasteiger partial charge in [-0.2, -0.15) is 0 Å². The van der Waals surface area contributed by atoms with Crippen LogP contribution in [0.5, 0.6) is 17.2 Å². The molecule has 34 heavy (non-hydrogen) atoms. The highest BCUT2D eigenvalue weighted by molar-refractivity contribution is 5.90. The normalized spacial score (nSPS) is 30.6. The van der Waals surface area contributed by atoms with Gasteiger partial charge in [0, 0.05) is 23.6 Å². The molecular weight excluding hydrogens is 432 g/mol. The number of rotatable bonds is 6. The SMILES string of the molecule is COc1cc(OC)c2c(c1)O[C@H]1C(O)=C(C(=O)O[C@H]3C[C@@H](C)CC[C@@H]3C(C)C)C[C@H](C(C)C)[C@@H]21. The van der Waals surface area contributed by atoms with E-state index >= 15 is 0 Å². The summed E-state index contributed by atoms with van der Waals surface area (Å²) in [4.78, 5) is 13.5. The number of carbonyl (C=O) groups excluding carboxylic acids is 1. The van der Waals surface area contributed by atoms with Crippen LogP contribution in [0.15, 0.2) is 23.5 Å². The molecule has 1 aromatic carbocycles. The Balaban J connectivity index is 1.67. The molecule has 0 aromatic heterocycles. The molecule has 1 saturated carbocycles. The van der Waals surface area contributed by atoms with Crippen LogP contribution in [0.4, 0.5) is 0 Å². The highest BCUT2D eigenvalue weighted by Gasteiger charge is 2.50. The Morgan fingerprint density at radius 1 is 1.06 bits per heavy atom. The van der Waals surface area contributed by atoms with E-state index in [0.29, 0.717) is 47.0 Å². The van der Waals surface area contributed by atoms with Crippen LogP contribution < -0.4 is 14.2 Å². The van der Waals surface area contributed by atoms with Crippen molar-refractivity contribution in [2.45, 2.75) is 78.4 Å². The molecule has 0 saturated heterocycles. The minimum Gasteiger partial charge on any atom is -0.508 e. The fraction of sp³-hybridized carbons (Fsp3) is 0.679. The molecule has 0 unspecified atom stereocenters. The second-order valence-corrected chi connectivity index (χ2v) is 11.1. The molecule has 0 bridgehead atoms. The highest BCUT2D eigenvalue weighted by Crippen LogP contribution is 2.56. The molecular formula is C28H40O6. The second-order valence-electron chi connectivity index (χ2n) is 11.1. The molecule has 6 heteroatoms. The van der Waals surface area contributed by atoms with Gasteiger partial charge in [0.25, 0.3) is 0 Å². The molecule has 2 aliphatic carbocycles. The van der Waals surface area contributed by atoms with E-state index in [2.05, 4.69) is 34.6 Å². The molecule has 1 N–H and O–H groups in total. The topological polar surface area (TPSA) is 74.2 Å². The van der Waals surface area contributed by atoms with Crippen molar-refractivity contribution in [2.24, 2.45) is 29.6 Å². The number of hydrogen-bond acceptors (Lipinski definition) is 6. The van der Waals surface area contributed by atoms with Crippen molar-refractivity contribution in [2.75, 3.05) is 14.2 Å². The predicted octanol–water partition coefficient (Wildman–Crippen LogP) is 6.04. The first-order chi connectivity index (χ1) is 16.2. The first kappa shape index (κ1) is 24.7. The van der Waals surface area contributed by atoms with E-state index in [9.17, 15) is 9.90 Å². The summed E-state index contributed by atoms with van der Waals surface area (Å²) in [7, 11) is 3.23. The lowest BCUT2D eigenvalue weighted by atomic mass is 9.69. The van der Waals surface area contributed by atoms with Gasteiger partial charge in [-0.05, 0) is 48.9 Å². The fourth-order valence-corrected chi connectivity index (χ4v) is 6.25. The van der Waals surface area contributed by atoms with Gasteiger partial charge >= 0.3 is 5.97 Å². The summed E-state index contributed by atoms with van der Waals surface area (Å²) in [5.74, 6) is 3.14. The minimum atomic E-state index is -0.633. The number of fused-ring (bicyclic) bond motifs is 3. The van der Waals surface area contributed by atoms with Crippen LogP contribution in [-0.2, 0) is 9.53 Å². The number of ether oxygens (including phenoxy) is 4. The number of aliphatic hydroxyl groups excluding tert-OH is 1. The van der Waals surface area contributed by atoms with Gasteiger partial charge in [-0.15, -0.1) is 0 Å². The van der Waals surface area contributed by atoms with E-state index in [-0.39, 0.29) is 29.6 Å². The van der Waals surface area contributed by atoms with Crippen molar-refractivity contribution < 1.29 is 28.8 Å². The number of benzene rings is 1. The Bertz CT molecular complexity index is 948. The summed E-state index contributed by atoms with van der Waals surface area (Å²) in [5.41, 5.74) is 1.30. The largest absolute Gasteiger partial charge is 0.508 e. The van der Waals surface area contributed by atoms with Crippen LogP contribution >= 0.6 is 0 Å². The van der Waals surface area contributed by atoms with Gasteiger partial charge < -0.3 is 24.1 Å². The van der Waals surface area contributed by atoms with Crippen LogP contribution in [0, 0.1) is 29.6 Å². The maximum Gasteiger partial charge on any atom is 0.337 e. The fourth-order valence-electron chi connectivity index (χ4n) is 6.25. The third-order valence-corrected chi connectivity index (χ3v) is 8.25. The van der Waals surface area contributed by atoms with Gasteiger partial charge in [0.2, 0.25) is 0 Å². The van der Waals surface area contributed by atoms with Gasteiger partial charge in [0.15, 0.2) is 6.10 Å². The van der Waals surface area contributed by atoms with Gasteiger partial charge in [0.1, 0.15) is 29.1 Å². The summed E-state index contributed by atoms with van der Waals surface area (Å²) in [6, 6.07) is 3.68. The lowest BCUT2D eigenvalue weighted by molar-refractivity contribution is -0.152. The molecule has 1 aromatic rings. The van der Waals surface area contributed by atoms with Gasteiger partial charge in [-0.1, -0.05) is 41.0 Å². The molecule has 0 spiro atoms. The first-order valence-electron chi connectivity index (χ1n) is 12.7. The monoisotopic (exact) mass is 472 g/mol. The smallest absolute Gasteiger partial charge is 0.337 e. The van der Waals surface area contributed by atoms with E-state index in [4.69, 9.17) is 18.9 Å². The summed E-state index contributed by atoms with van der Waals surface area (Å²) >= 11 is 0. The molecule has 1 fully saturated rings. The molecule has 6 nitrogen and oxygen atoms in total.